The molecule has 2 aromatic carbocycles. The molecule has 30 heavy (non-hydrogen) atoms. The summed E-state index contributed by atoms with van der Waals surface area (Å²) in [7, 11) is 0. The fourth-order valence-electron chi connectivity index (χ4n) is 3.56. The minimum absolute atomic E-state index is 0.268. The molecule has 0 radical (unpaired) electrons. The molecule has 2 aromatic heterocycles. The fraction of sp³-hybridized carbons (Fsp3) is 0.130. The number of nitrogens with zero attached hydrogens (tertiary/aromatic N) is 3. The Hall–Kier alpha value is -3.61. The van der Waals surface area contributed by atoms with Crippen molar-refractivity contribution in [2.45, 2.75) is 19.6 Å². The largest absolute Gasteiger partial charge is 0.416 e. The van der Waals surface area contributed by atoms with Crippen LogP contribution in [0.4, 0.5) is 13.2 Å². The highest BCUT2D eigenvalue weighted by molar-refractivity contribution is 6.12. The highest BCUT2D eigenvalue weighted by Crippen LogP contribution is 2.29. The number of allylic oxidation sites excluding steroid dienone is 2. The zero-order valence-electron chi connectivity index (χ0n) is 16.1. The minimum Gasteiger partial charge on any atom is -0.320 e. The summed E-state index contributed by atoms with van der Waals surface area (Å²) in [5, 5.41) is 4.54. The van der Waals surface area contributed by atoms with Crippen molar-refractivity contribution in [1.29, 1.82) is 0 Å². The van der Waals surface area contributed by atoms with E-state index in [-0.39, 0.29) is 5.78 Å². The van der Waals surface area contributed by atoms with Crippen molar-refractivity contribution < 1.29 is 18.0 Å². The molecule has 0 aliphatic rings. The number of aryl methyl sites for hydroxylation is 1. The van der Waals surface area contributed by atoms with Crippen LogP contribution in [0.2, 0.25) is 0 Å². The molecule has 4 rings (SSSR count). The Morgan fingerprint density at radius 2 is 1.77 bits per heavy atom. The van der Waals surface area contributed by atoms with Gasteiger partial charge in [-0.2, -0.15) is 18.3 Å². The van der Waals surface area contributed by atoms with E-state index in [0.717, 1.165) is 23.2 Å². The molecule has 0 amide bonds. The van der Waals surface area contributed by atoms with Crippen LogP contribution in [0.15, 0.2) is 67.3 Å². The zero-order chi connectivity index (χ0) is 21.5. The lowest BCUT2D eigenvalue weighted by Crippen LogP contribution is -2.04. The third-order valence-corrected chi connectivity index (χ3v) is 4.92. The summed E-state index contributed by atoms with van der Waals surface area (Å²) in [6, 6.07) is 12.4. The first-order chi connectivity index (χ1) is 14.3. The van der Waals surface area contributed by atoms with Crippen LogP contribution >= 0.6 is 0 Å². The summed E-state index contributed by atoms with van der Waals surface area (Å²) in [5.41, 5.74) is 3.28. The fourth-order valence-corrected chi connectivity index (χ4v) is 3.56. The van der Waals surface area contributed by atoms with Gasteiger partial charge in [0, 0.05) is 6.54 Å². The number of rotatable bonds is 5. The van der Waals surface area contributed by atoms with Crippen LogP contribution in [-0.2, 0) is 12.7 Å². The quantitative estimate of drug-likeness (QED) is 0.241. The Kier molecular flexibility index (Phi) is 4.81. The van der Waals surface area contributed by atoms with E-state index in [1.165, 1.54) is 24.3 Å². The van der Waals surface area contributed by atoms with E-state index >= 15 is 0 Å². The number of aromatic nitrogens is 3. The number of ketones is 1. The molecule has 4 nitrogen and oxygen atoms in total. The maximum absolute atomic E-state index is 13.0. The molecule has 7 heteroatoms. The molecule has 0 saturated carbocycles. The summed E-state index contributed by atoms with van der Waals surface area (Å²) in [6.45, 7) is 6.07. The normalized spacial score (nSPS) is 12.3. The Balaban J connectivity index is 1.75. The van der Waals surface area contributed by atoms with Crippen molar-refractivity contribution in [2.24, 2.45) is 0 Å². The second-order valence-corrected chi connectivity index (χ2v) is 6.90. The molecule has 0 saturated heterocycles. The van der Waals surface area contributed by atoms with Gasteiger partial charge < -0.3 is 4.57 Å². The maximum atomic E-state index is 13.0. The van der Waals surface area contributed by atoms with E-state index in [0.29, 0.717) is 29.0 Å². The number of hydrogen-bond donors (Lipinski definition) is 0. The second-order valence-electron chi connectivity index (χ2n) is 6.90. The lowest BCUT2D eigenvalue weighted by atomic mass is 10.1. The van der Waals surface area contributed by atoms with Crippen molar-refractivity contribution in [3.05, 3.63) is 89.6 Å². The van der Waals surface area contributed by atoms with Gasteiger partial charge in [0.2, 0.25) is 0 Å². The van der Waals surface area contributed by atoms with E-state index < -0.39 is 11.7 Å². The predicted molar refractivity (Wildman–Crippen MR) is 110 cm³/mol. The van der Waals surface area contributed by atoms with Crippen molar-refractivity contribution in [3.63, 3.8) is 0 Å². The lowest BCUT2D eigenvalue weighted by Gasteiger charge is -2.06. The Morgan fingerprint density at radius 1 is 1.10 bits per heavy atom. The third kappa shape index (κ3) is 3.32. The molecule has 0 bridgehead atoms. The van der Waals surface area contributed by atoms with Crippen LogP contribution in [0, 0.1) is 6.92 Å². The first kappa shape index (κ1) is 19.7. The zero-order valence-corrected chi connectivity index (χ0v) is 16.1. The molecule has 0 fully saturated rings. The highest BCUT2D eigenvalue weighted by atomic mass is 19.4. The van der Waals surface area contributed by atoms with Crippen LogP contribution in [0.5, 0.6) is 0 Å². The minimum atomic E-state index is -4.39. The standard InChI is InChI=1S/C23H18F3N3O/c1-3-14-28-18-6-4-5-7-19(18)29-22(28)21(15(2)27-29)20(30)13-10-16-8-11-17(12-9-16)23(24,25)26/h3-13H,1,14H2,2H3. The topological polar surface area (TPSA) is 39.3 Å². The van der Waals surface area contributed by atoms with Gasteiger partial charge >= 0.3 is 6.18 Å². The number of fused-ring (bicyclic) bond motifs is 3. The number of imidazole rings is 1. The van der Waals surface area contributed by atoms with Crippen molar-refractivity contribution in [2.75, 3.05) is 0 Å². The summed E-state index contributed by atoms with van der Waals surface area (Å²) < 4.78 is 41.8. The highest BCUT2D eigenvalue weighted by Gasteiger charge is 2.29. The van der Waals surface area contributed by atoms with Gasteiger partial charge in [0.05, 0.1) is 27.9 Å². The third-order valence-electron chi connectivity index (χ3n) is 4.92. The summed E-state index contributed by atoms with van der Waals surface area (Å²) in [5.74, 6) is -0.268. The average molecular weight is 409 g/mol. The smallest absolute Gasteiger partial charge is 0.320 e. The average Bonchev–Trinajstić information content (AvgIpc) is 3.20. The number of halogens is 3. The Bertz CT molecular complexity index is 1290. The van der Waals surface area contributed by atoms with E-state index in [2.05, 4.69) is 11.7 Å². The first-order valence-electron chi connectivity index (χ1n) is 9.28. The Morgan fingerprint density at radius 3 is 2.40 bits per heavy atom. The van der Waals surface area contributed by atoms with Crippen LogP contribution in [-0.4, -0.2) is 20.0 Å². The number of carbonyl (C=O) groups excluding carboxylic acids is 1. The van der Waals surface area contributed by atoms with Gasteiger partial charge in [-0.3, -0.25) is 4.79 Å². The van der Waals surface area contributed by atoms with Crippen molar-refractivity contribution >= 4 is 28.5 Å². The summed E-state index contributed by atoms with van der Waals surface area (Å²) >= 11 is 0. The molecule has 0 unspecified atom stereocenters. The van der Waals surface area contributed by atoms with Crippen LogP contribution < -0.4 is 0 Å². The molecule has 152 valence electrons. The molecular weight excluding hydrogens is 391 g/mol. The SMILES string of the molecule is C=CCn1c2ccccc2n2nc(C)c(C(=O)C=Cc3ccc(C(F)(F)F)cc3)c12. The van der Waals surface area contributed by atoms with Gasteiger partial charge in [0.25, 0.3) is 0 Å². The van der Waals surface area contributed by atoms with Crippen LogP contribution in [0.3, 0.4) is 0 Å². The number of hydrogen-bond acceptors (Lipinski definition) is 2. The second kappa shape index (κ2) is 7.33. The number of benzene rings is 2. The molecule has 0 aliphatic heterocycles. The van der Waals surface area contributed by atoms with E-state index in [9.17, 15) is 18.0 Å². The lowest BCUT2D eigenvalue weighted by molar-refractivity contribution is -0.137. The molecular formula is C23H18F3N3O. The summed E-state index contributed by atoms with van der Waals surface area (Å²) in [4.78, 5) is 13.0. The van der Waals surface area contributed by atoms with Crippen molar-refractivity contribution in [3.8, 4) is 0 Å². The Labute approximate surface area is 170 Å². The first-order valence-corrected chi connectivity index (χ1v) is 9.28. The van der Waals surface area contributed by atoms with Crippen LogP contribution in [0.1, 0.15) is 27.2 Å². The van der Waals surface area contributed by atoms with E-state index in [1.54, 1.807) is 17.5 Å². The molecule has 4 aromatic rings. The van der Waals surface area contributed by atoms with Crippen molar-refractivity contribution in [1.82, 2.24) is 14.2 Å². The molecule has 0 spiro atoms. The molecule has 0 aliphatic carbocycles. The van der Waals surface area contributed by atoms with Gasteiger partial charge in [0.15, 0.2) is 5.78 Å². The number of alkyl halides is 3. The van der Waals surface area contributed by atoms with E-state index in [1.807, 2.05) is 28.8 Å². The van der Waals surface area contributed by atoms with E-state index in [4.69, 9.17) is 0 Å². The molecule has 0 atom stereocenters. The maximum Gasteiger partial charge on any atom is 0.416 e. The number of carbonyl (C=O) groups is 1. The van der Waals surface area contributed by atoms with Gasteiger partial charge in [-0.1, -0.05) is 36.4 Å². The van der Waals surface area contributed by atoms with Crippen LogP contribution in [0.25, 0.3) is 22.8 Å². The van der Waals surface area contributed by atoms with Gasteiger partial charge in [-0.05, 0) is 42.8 Å². The van der Waals surface area contributed by atoms with Gasteiger partial charge in [-0.25, -0.2) is 4.52 Å². The monoisotopic (exact) mass is 409 g/mol. The predicted octanol–water partition coefficient (Wildman–Crippen LogP) is 5.70. The number of para-hydroxylation sites is 2. The van der Waals surface area contributed by atoms with Gasteiger partial charge in [-0.15, -0.1) is 6.58 Å². The van der Waals surface area contributed by atoms with Gasteiger partial charge in [0.1, 0.15) is 5.65 Å². The molecule has 2 heterocycles. The molecule has 0 N–H and O–H groups in total. The summed E-state index contributed by atoms with van der Waals surface area (Å²) in [6.07, 6.45) is 0.229.